The summed E-state index contributed by atoms with van der Waals surface area (Å²) in [4.78, 5) is 17.5. The maximum absolute atomic E-state index is 13.2. The van der Waals surface area contributed by atoms with Crippen molar-refractivity contribution in [3.63, 3.8) is 0 Å². The number of amides is 1. The standard InChI is InChI=1S/C22H34N2O4/c1-20(2,3)28-19(25)24-21(4)12-18(27-16-26-6)22(24,5)15-23(14-21)13-17-10-8-7-9-11-17/h7-11,18H,12-16H2,1-6H3/t18-,21+,22-/m0/s1. The molecule has 2 saturated heterocycles. The molecule has 2 bridgehead atoms. The average Bonchev–Trinajstić information content (AvgIpc) is 2.71. The average molecular weight is 391 g/mol. The van der Waals surface area contributed by atoms with Gasteiger partial charge in [0, 0.05) is 33.2 Å². The van der Waals surface area contributed by atoms with E-state index in [1.54, 1.807) is 7.11 Å². The quantitative estimate of drug-likeness (QED) is 0.719. The molecule has 0 unspecified atom stereocenters. The predicted molar refractivity (Wildman–Crippen MR) is 108 cm³/mol. The molecule has 2 fully saturated rings. The highest BCUT2D eigenvalue weighted by Crippen LogP contribution is 2.48. The Morgan fingerprint density at radius 1 is 1.18 bits per heavy atom. The topological polar surface area (TPSA) is 51.2 Å². The Labute approximate surface area is 168 Å². The van der Waals surface area contributed by atoms with Crippen molar-refractivity contribution in [1.29, 1.82) is 0 Å². The van der Waals surface area contributed by atoms with Crippen LogP contribution < -0.4 is 0 Å². The fourth-order valence-electron chi connectivity index (χ4n) is 4.85. The Hall–Kier alpha value is -1.63. The lowest BCUT2D eigenvalue weighted by molar-refractivity contribution is -0.117. The van der Waals surface area contributed by atoms with Crippen LogP contribution in [0.4, 0.5) is 4.79 Å². The van der Waals surface area contributed by atoms with Crippen molar-refractivity contribution in [2.24, 2.45) is 0 Å². The van der Waals surface area contributed by atoms with Crippen LogP contribution >= 0.6 is 0 Å². The minimum absolute atomic E-state index is 0.106. The van der Waals surface area contributed by atoms with Crippen LogP contribution in [0.1, 0.15) is 46.6 Å². The summed E-state index contributed by atoms with van der Waals surface area (Å²) in [6.07, 6.45) is 0.392. The first-order valence-electron chi connectivity index (χ1n) is 9.97. The van der Waals surface area contributed by atoms with E-state index in [4.69, 9.17) is 14.2 Å². The largest absolute Gasteiger partial charge is 0.444 e. The van der Waals surface area contributed by atoms with Gasteiger partial charge in [-0.15, -0.1) is 0 Å². The van der Waals surface area contributed by atoms with Crippen LogP contribution in [-0.2, 0) is 20.8 Å². The highest BCUT2D eigenvalue weighted by atomic mass is 16.7. The first-order valence-corrected chi connectivity index (χ1v) is 9.97. The maximum atomic E-state index is 13.2. The van der Waals surface area contributed by atoms with Crippen LogP contribution in [0.25, 0.3) is 0 Å². The van der Waals surface area contributed by atoms with Gasteiger partial charge >= 0.3 is 6.09 Å². The molecular weight excluding hydrogens is 356 g/mol. The highest BCUT2D eigenvalue weighted by molar-refractivity contribution is 5.71. The first kappa shape index (κ1) is 21.1. The molecule has 0 N–H and O–H groups in total. The second-order valence-corrected chi connectivity index (χ2v) is 9.57. The summed E-state index contributed by atoms with van der Waals surface area (Å²) in [5, 5.41) is 0. The molecule has 0 radical (unpaired) electrons. The minimum Gasteiger partial charge on any atom is -0.444 e. The lowest BCUT2D eigenvalue weighted by atomic mass is 9.94. The van der Waals surface area contributed by atoms with E-state index in [1.807, 2.05) is 31.7 Å². The third-order valence-electron chi connectivity index (χ3n) is 5.69. The molecule has 0 aliphatic carbocycles. The molecule has 6 nitrogen and oxygen atoms in total. The van der Waals surface area contributed by atoms with Crippen LogP contribution in [0.2, 0.25) is 0 Å². The summed E-state index contributed by atoms with van der Waals surface area (Å²) in [6, 6.07) is 10.5. The molecule has 6 heteroatoms. The molecule has 156 valence electrons. The van der Waals surface area contributed by atoms with Crippen molar-refractivity contribution in [2.75, 3.05) is 27.0 Å². The van der Waals surface area contributed by atoms with Crippen LogP contribution in [-0.4, -0.2) is 65.7 Å². The number of hydrogen-bond acceptors (Lipinski definition) is 5. The van der Waals surface area contributed by atoms with Crippen molar-refractivity contribution in [1.82, 2.24) is 9.80 Å². The monoisotopic (exact) mass is 390 g/mol. The molecule has 1 aromatic rings. The normalized spacial score (nSPS) is 30.5. The lowest BCUT2D eigenvalue weighted by Crippen LogP contribution is -2.68. The van der Waals surface area contributed by atoms with Gasteiger partial charge in [-0.25, -0.2) is 4.79 Å². The number of methoxy groups -OCH3 is 1. The number of hydrogen-bond donors (Lipinski definition) is 0. The summed E-state index contributed by atoms with van der Waals surface area (Å²) in [6.45, 7) is 12.5. The number of rotatable bonds is 5. The molecule has 3 atom stereocenters. The van der Waals surface area contributed by atoms with Crippen molar-refractivity contribution in [3.8, 4) is 0 Å². The van der Waals surface area contributed by atoms with E-state index in [9.17, 15) is 4.79 Å². The number of carbonyl (C=O) groups excluding carboxylic acids is 1. The minimum atomic E-state index is -0.534. The van der Waals surface area contributed by atoms with Gasteiger partial charge in [-0.3, -0.25) is 9.80 Å². The first-order chi connectivity index (χ1) is 13.1. The number of likely N-dealkylation sites (tertiary alicyclic amines) is 1. The number of carbonyl (C=O) groups is 1. The maximum Gasteiger partial charge on any atom is 0.411 e. The Morgan fingerprint density at radius 3 is 2.46 bits per heavy atom. The predicted octanol–water partition coefficient (Wildman–Crippen LogP) is 3.65. The van der Waals surface area contributed by atoms with Gasteiger partial charge in [0.25, 0.3) is 0 Å². The zero-order valence-electron chi connectivity index (χ0n) is 18.0. The fourth-order valence-corrected chi connectivity index (χ4v) is 4.85. The van der Waals surface area contributed by atoms with Crippen LogP contribution in [0, 0.1) is 0 Å². The van der Waals surface area contributed by atoms with Crippen molar-refractivity contribution >= 4 is 6.09 Å². The van der Waals surface area contributed by atoms with Gasteiger partial charge < -0.3 is 14.2 Å². The molecule has 2 aliphatic rings. The molecule has 28 heavy (non-hydrogen) atoms. The molecule has 0 aromatic heterocycles. The number of nitrogens with zero attached hydrogens (tertiary/aromatic N) is 2. The summed E-state index contributed by atoms with van der Waals surface area (Å²) < 4.78 is 17.0. The van der Waals surface area contributed by atoms with E-state index < -0.39 is 11.1 Å². The smallest absolute Gasteiger partial charge is 0.411 e. The van der Waals surface area contributed by atoms with Gasteiger partial charge in [0.1, 0.15) is 12.4 Å². The second kappa shape index (κ2) is 7.65. The molecule has 3 rings (SSSR count). The second-order valence-electron chi connectivity index (χ2n) is 9.57. The summed E-state index contributed by atoms with van der Waals surface area (Å²) in [5.74, 6) is 0. The Morgan fingerprint density at radius 2 is 1.86 bits per heavy atom. The van der Waals surface area contributed by atoms with Crippen molar-refractivity contribution < 1.29 is 19.0 Å². The molecule has 0 saturated carbocycles. The van der Waals surface area contributed by atoms with Crippen molar-refractivity contribution in [2.45, 2.75) is 70.4 Å². The number of piperazine rings is 1. The summed E-state index contributed by atoms with van der Waals surface area (Å²) in [5.41, 5.74) is -0.104. The molecule has 1 aromatic carbocycles. The van der Waals surface area contributed by atoms with Crippen molar-refractivity contribution in [3.05, 3.63) is 35.9 Å². The van der Waals surface area contributed by atoms with Gasteiger partial charge in [-0.1, -0.05) is 30.3 Å². The Balaban J connectivity index is 1.87. The highest BCUT2D eigenvalue weighted by Gasteiger charge is 2.63. The zero-order valence-corrected chi connectivity index (χ0v) is 18.0. The van der Waals surface area contributed by atoms with E-state index in [0.717, 1.165) is 26.1 Å². The van der Waals surface area contributed by atoms with Crippen LogP contribution in [0.15, 0.2) is 30.3 Å². The van der Waals surface area contributed by atoms with E-state index in [-0.39, 0.29) is 24.5 Å². The number of benzene rings is 1. The molecule has 1 amide bonds. The van der Waals surface area contributed by atoms with E-state index in [0.29, 0.717) is 0 Å². The van der Waals surface area contributed by atoms with Gasteiger partial charge in [-0.05, 0) is 40.2 Å². The van der Waals surface area contributed by atoms with Crippen LogP contribution in [0.5, 0.6) is 0 Å². The lowest BCUT2D eigenvalue weighted by Gasteiger charge is -2.52. The van der Waals surface area contributed by atoms with Gasteiger partial charge in [0.15, 0.2) is 0 Å². The molecular formula is C22H34N2O4. The van der Waals surface area contributed by atoms with E-state index in [1.165, 1.54) is 5.56 Å². The zero-order chi connectivity index (χ0) is 20.6. The molecule has 2 aliphatic heterocycles. The summed E-state index contributed by atoms with van der Waals surface area (Å²) in [7, 11) is 1.62. The Kier molecular flexibility index (Phi) is 5.76. The summed E-state index contributed by atoms with van der Waals surface area (Å²) >= 11 is 0. The van der Waals surface area contributed by atoms with E-state index in [2.05, 4.69) is 43.0 Å². The van der Waals surface area contributed by atoms with E-state index >= 15 is 0 Å². The van der Waals surface area contributed by atoms with Gasteiger partial charge in [-0.2, -0.15) is 0 Å². The fraction of sp³-hybridized carbons (Fsp3) is 0.682. The number of fused-ring (bicyclic) bond motifs is 2. The van der Waals surface area contributed by atoms with Gasteiger partial charge in [0.2, 0.25) is 0 Å². The SMILES string of the molecule is COCO[C@H]1C[C@]2(C)CN(Cc3ccccc3)C[C@]1(C)N2C(=O)OC(C)(C)C. The van der Waals surface area contributed by atoms with Crippen LogP contribution in [0.3, 0.4) is 0 Å². The third kappa shape index (κ3) is 4.19. The molecule has 0 spiro atoms. The number of ether oxygens (including phenoxy) is 3. The van der Waals surface area contributed by atoms with Gasteiger partial charge in [0.05, 0.1) is 17.2 Å². The third-order valence-corrected chi connectivity index (χ3v) is 5.69. The Bertz CT molecular complexity index is 690. The molecule has 2 heterocycles.